The molecule has 0 unspecified atom stereocenters. The van der Waals surface area contributed by atoms with Crippen LogP contribution in [0.5, 0.6) is 11.5 Å². The molecule has 0 saturated heterocycles. The van der Waals surface area contributed by atoms with Crippen molar-refractivity contribution in [2.45, 2.75) is 18.6 Å². The predicted octanol–water partition coefficient (Wildman–Crippen LogP) is 4.40. The summed E-state index contributed by atoms with van der Waals surface area (Å²) in [6.45, 7) is 0. The van der Waals surface area contributed by atoms with Crippen molar-refractivity contribution in [3.05, 3.63) is 52.8 Å². The quantitative estimate of drug-likeness (QED) is 0.511. The van der Waals surface area contributed by atoms with Gasteiger partial charge in [0.25, 0.3) is 0 Å². The number of nitrogens with zero attached hydrogens (tertiary/aromatic N) is 2. The van der Waals surface area contributed by atoms with E-state index < -0.39 is 0 Å². The van der Waals surface area contributed by atoms with Gasteiger partial charge in [0.2, 0.25) is 5.91 Å². The summed E-state index contributed by atoms with van der Waals surface area (Å²) in [7, 11) is 5.13. The molecule has 1 aromatic heterocycles. The van der Waals surface area contributed by atoms with Crippen molar-refractivity contribution in [1.29, 1.82) is 0 Å². The molecular formula is C21H24N2O3S2. The van der Waals surface area contributed by atoms with Crippen LogP contribution in [0.15, 0.2) is 47.5 Å². The summed E-state index contributed by atoms with van der Waals surface area (Å²) in [5.74, 6) is 3.17. The number of thiazole rings is 1. The summed E-state index contributed by atoms with van der Waals surface area (Å²) in [5, 5.41) is 0. The van der Waals surface area contributed by atoms with Crippen LogP contribution in [0.2, 0.25) is 0 Å². The second-order valence-electron chi connectivity index (χ2n) is 6.27. The lowest BCUT2D eigenvalue weighted by Gasteiger charge is -2.07. The predicted molar refractivity (Wildman–Crippen MR) is 116 cm³/mol. The summed E-state index contributed by atoms with van der Waals surface area (Å²) in [4.78, 5) is 17.3. The molecule has 0 atom stereocenters. The van der Waals surface area contributed by atoms with Crippen molar-refractivity contribution in [1.82, 2.24) is 4.57 Å². The first kappa shape index (κ1) is 20.5. The maximum absolute atomic E-state index is 12.3. The van der Waals surface area contributed by atoms with Gasteiger partial charge in [0.15, 0.2) is 16.3 Å². The first-order valence-corrected chi connectivity index (χ1v) is 11.0. The van der Waals surface area contributed by atoms with Crippen LogP contribution in [0.1, 0.15) is 18.4 Å². The van der Waals surface area contributed by atoms with E-state index in [4.69, 9.17) is 9.47 Å². The van der Waals surface area contributed by atoms with E-state index in [1.165, 1.54) is 16.9 Å². The van der Waals surface area contributed by atoms with Crippen molar-refractivity contribution in [2.24, 2.45) is 12.0 Å². The molecule has 3 rings (SSSR count). The van der Waals surface area contributed by atoms with Gasteiger partial charge < -0.3 is 14.0 Å². The van der Waals surface area contributed by atoms with Gasteiger partial charge in [0, 0.05) is 31.4 Å². The lowest BCUT2D eigenvalue weighted by atomic mass is 10.2. The lowest BCUT2D eigenvalue weighted by Crippen LogP contribution is -2.13. The molecule has 0 fully saturated rings. The molecule has 0 radical (unpaired) electrons. The summed E-state index contributed by atoms with van der Waals surface area (Å²) >= 11 is 3.32. The van der Waals surface area contributed by atoms with Gasteiger partial charge in [0.1, 0.15) is 0 Å². The minimum atomic E-state index is -0.0820. The molecule has 28 heavy (non-hydrogen) atoms. The lowest BCUT2D eigenvalue weighted by molar-refractivity contribution is -0.118. The van der Waals surface area contributed by atoms with Gasteiger partial charge in [-0.15, -0.1) is 0 Å². The Morgan fingerprint density at radius 1 is 1.14 bits per heavy atom. The number of thioether (sulfide) groups is 1. The molecule has 0 N–H and O–H groups in total. The molecule has 1 amide bonds. The van der Waals surface area contributed by atoms with Crippen LogP contribution >= 0.6 is 23.1 Å². The Kier molecular flexibility index (Phi) is 7.17. The van der Waals surface area contributed by atoms with Gasteiger partial charge in [-0.05, 0) is 17.7 Å². The zero-order valence-corrected chi connectivity index (χ0v) is 17.9. The van der Waals surface area contributed by atoms with E-state index in [0.717, 1.165) is 28.1 Å². The monoisotopic (exact) mass is 416 g/mol. The van der Waals surface area contributed by atoms with Gasteiger partial charge in [-0.1, -0.05) is 41.7 Å². The molecule has 0 aliphatic heterocycles. The number of amides is 1. The van der Waals surface area contributed by atoms with Crippen molar-refractivity contribution in [2.75, 3.05) is 20.0 Å². The van der Waals surface area contributed by atoms with E-state index in [1.807, 2.05) is 41.6 Å². The Balaban J connectivity index is 1.61. The molecule has 1 heterocycles. The second-order valence-corrected chi connectivity index (χ2v) is 8.38. The first-order valence-electron chi connectivity index (χ1n) is 9.03. The smallest absolute Gasteiger partial charge is 0.248 e. The molecule has 148 valence electrons. The van der Waals surface area contributed by atoms with E-state index in [2.05, 4.69) is 29.3 Å². The standard InChI is InChI=1S/C21H24N2O3S2/c1-23-16-12-17(25-2)18(26-3)13-19(16)28-21(23)22-20(24)10-7-11-27-14-15-8-5-4-6-9-15/h4-6,8-9,12-13H,7,10-11,14H2,1-3H3. The number of rotatable bonds is 8. The molecule has 0 aliphatic carbocycles. The highest BCUT2D eigenvalue weighted by atomic mass is 32.2. The van der Waals surface area contributed by atoms with Gasteiger partial charge in [-0.3, -0.25) is 4.79 Å². The number of aromatic nitrogens is 1. The highest BCUT2D eigenvalue weighted by Gasteiger charge is 2.11. The van der Waals surface area contributed by atoms with Crippen LogP contribution in [0.3, 0.4) is 0 Å². The zero-order chi connectivity index (χ0) is 19.9. The average Bonchev–Trinajstić information content (AvgIpc) is 3.01. The zero-order valence-electron chi connectivity index (χ0n) is 16.3. The third-order valence-electron chi connectivity index (χ3n) is 4.33. The molecule has 0 saturated carbocycles. The Morgan fingerprint density at radius 2 is 1.86 bits per heavy atom. The first-order chi connectivity index (χ1) is 13.6. The van der Waals surface area contributed by atoms with E-state index in [-0.39, 0.29) is 5.91 Å². The minimum Gasteiger partial charge on any atom is -0.493 e. The van der Waals surface area contributed by atoms with Crippen LogP contribution in [0.4, 0.5) is 0 Å². The number of carbonyl (C=O) groups is 1. The summed E-state index contributed by atoms with van der Waals surface area (Å²) in [6, 6.07) is 14.2. The van der Waals surface area contributed by atoms with Crippen molar-refractivity contribution in [3.8, 4) is 11.5 Å². The number of aryl methyl sites for hydroxylation is 1. The molecular weight excluding hydrogens is 392 g/mol. The van der Waals surface area contributed by atoms with Crippen LogP contribution in [0.25, 0.3) is 10.2 Å². The van der Waals surface area contributed by atoms with Gasteiger partial charge in [-0.2, -0.15) is 16.8 Å². The fourth-order valence-electron chi connectivity index (χ4n) is 2.81. The van der Waals surface area contributed by atoms with E-state index in [0.29, 0.717) is 22.7 Å². The van der Waals surface area contributed by atoms with E-state index in [1.54, 1.807) is 14.2 Å². The van der Waals surface area contributed by atoms with Gasteiger partial charge >= 0.3 is 0 Å². The number of hydrogen-bond acceptors (Lipinski definition) is 5. The number of ether oxygens (including phenoxy) is 2. The maximum Gasteiger partial charge on any atom is 0.248 e. The molecule has 2 aromatic carbocycles. The molecule has 0 spiro atoms. The number of carbonyl (C=O) groups excluding carboxylic acids is 1. The number of benzene rings is 2. The fraction of sp³-hybridized carbons (Fsp3) is 0.333. The summed E-state index contributed by atoms with van der Waals surface area (Å²) in [6.07, 6.45) is 1.29. The highest BCUT2D eigenvalue weighted by Crippen LogP contribution is 2.33. The number of hydrogen-bond donors (Lipinski definition) is 0. The Bertz CT molecular complexity index is 1010. The maximum atomic E-state index is 12.3. The SMILES string of the molecule is COc1cc2sc(=NC(=O)CCCSCc3ccccc3)n(C)c2cc1OC. The van der Waals surface area contributed by atoms with Crippen LogP contribution in [-0.2, 0) is 17.6 Å². The molecule has 7 heteroatoms. The Labute approximate surface area is 173 Å². The van der Waals surface area contributed by atoms with Gasteiger partial charge in [-0.25, -0.2) is 0 Å². The Morgan fingerprint density at radius 3 is 2.57 bits per heavy atom. The second kappa shape index (κ2) is 9.80. The molecule has 3 aromatic rings. The highest BCUT2D eigenvalue weighted by molar-refractivity contribution is 7.98. The number of methoxy groups -OCH3 is 2. The average molecular weight is 417 g/mol. The molecule has 0 bridgehead atoms. The Hall–Kier alpha value is -2.25. The molecule has 5 nitrogen and oxygen atoms in total. The normalized spacial score (nSPS) is 11.8. The van der Waals surface area contributed by atoms with Crippen LogP contribution in [0, 0.1) is 0 Å². The molecule has 0 aliphatic rings. The van der Waals surface area contributed by atoms with Crippen LogP contribution in [-0.4, -0.2) is 30.4 Å². The van der Waals surface area contributed by atoms with Crippen LogP contribution < -0.4 is 14.3 Å². The minimum absolute atomic E-state index is 0.0820. The fourth-order valence-corrected chi connectivity index (χ4v) is 4.78. The van der Waals surface area contributed by atoms with Crippen molar-refractivity contribution < 1.29 is 14.3 Å². The van der Waals surface area contributed by atoms with Crippen molar-refractivity contribution >= 4 is 39.2 Å². The summed E-state index contributed by atoms with van der Waals surface area (Å²) in [5.41, 5.74) is 2.28. The topological polar surface area (TPSA) is 52.8 Å². The number of fused-ring (bicyclic) bond motifs is 1. The third-order valence-corrected chi connectivity index (χ3v) is 6.54. The largest absolute Gasteiger partial charge is 0.493 e. The van der Waals surface area contributed by atoms with Gasteiger partial charge in [0.05, 0.1) is 24.4 Å². The third kappa shape index (κ3) is 4.97. The van der Waals surface area contributed by atoms with E-state index >= 15 is 0 Å². The van der Waals surface area contributed by atoms with Crippen molar-refractivity contribution in [3.63, 3.8) is 0 Å². The van der Waals surface area contributed by atoms with E-state index in [9.17, 15) is 4.79 Å². The summed E-state index contributed by atoms with van der Waals surface area (Å²) < 4.78 is 13.6.